The molecule has 1 heterocycles. The standard InChI is InChI=1S/C25H31N5O2S/c1-6-30-23(22(16(2)3)27-24(32)19-10-8-7-9-11-19)28-29-25(30)33-15-21(31)26-20-13-12-17(4)14-18(20)5/h7-14,16,22H,6,15H2,1-5H3,(H,26,31)(H,27,32)/t22-/m0/s1. The molecule has 0 aliphatic carbocycles. The van der Waals surface area contributed by atoms with Gasteiger partial charge in [-0.05, 0) is 50.5 Å². The van der Waals surface area contributed by atoms with E-state index in [2.05, 4.69) is 20.8 Å². The first kappa shape index (κ1) is 24.5. The van der Waals surface area contributed by atoms with E-state index in [0.29, 0.717) is 23.1 Å². The van der Waals surface area contributed by atoms with Gasteiger partial charge in [0.05, 0.1) is 11.8 Å². The number of benzene rings is 2. The highest BCUT2D eigenvalue weighted by Gasteiger charge is 2.26. The Labute approximate surface area is 199 Å². The van der Waals surface area contributed by atoms with Crippen LogP contribution in [0.1, 0.15) is 54.1 Å². The molecule has 2 amide bonds. The third-order valence-corrected chi connectivity index (χ3v) is 6.28. The van der Waals surface area contributed by atoms with E-state index in [0.717, 1.165) is 16.8 Å². The minimum absolute atomic E-state index is 0.100. The zero-order valence-electron chi connectivity index (χ0n) is 19.8. The lowest BCUT2D eigenvalue weighted by molar-refractivity contribution is -0.113. The lowest BCUT2D eigenvalue weighted by atomic mass is 10.0. The van der Waals surface area contributed by atoms with Gasteiger partial charge in [0.1, 0.15) is 0 Å². The first-order valence-electron chi connectivity index (χ1n) is 11.1. The van der Waals surface area contributed by atoms with Crippen LogP contribution in [0.15, 0.2) is 53.7 Å². The number of carbonyl (C=O) groups excluding carboxylic acids is 2. The van der Waals surface area contributed by atoms with Gasteiger partial charge in [-0.25, -0.2) is 0 Å². The lowest BCUT2D eigenvalue weighted by Gasteiger charge is -2.22. The Balaban J connectivity index is 1.70. The van der Waals surface area contributed by atoms with Crippen molar-refractivity contribution in [3.05, 3.63) is 71.0 Å². The van der Waals surface area contributed by atoms with Crippen LogP contribution in [0, 0.1) is 19.8 Å². The van der Waals surface area contributed by atoms with E-state index in [-0.39, 0.29) is 29.5 Å². The highest BCUT2D eigenvalue weighted by atomic mass is 32.2. The van der Waals surface area contributed by atoms with Crippen molar-refractivity contribution >= 4 is 29.3 Å². The van der Waals surface area contributed by atoms with Crippen molar-refractivity contribution < 1.29 is 9.59 Å². The summed E-state index contributed by atoms with van der Waals surface area (Å²) in [7, 11) is 0. The summed E-state index contributed by atoms with van der Waals surface area (Å²) in [6.07, 6.45) is 0. The van der Waals surface area contributed by atoms with Crippen molar-refractivity contribution in [3.63, 3.8) is 0 Å². The van der Waals surface area contributed by atoms with Crippen molar-refractivity contribution in [2.45, 2.75) is 52.4 Å². The van der Waals surface area contributed by atoms with Gasteiger partial charge >= 0.3 is 0 Å². The maximum absolute atomic E-state index is 12.7. The number of hydrogen-bond acceptors (Lipinski definition) is 5. The second-order valence-corrected chi connectivity index (χ2v) is 9.24. The first-order valence-corrected chi connectivity index (χ1v) is 12.1. The summed E-state index contributed by atoms with van der Waals surface area (Å²) in [5.74, 6) is 0.764. The molecule has 0 unspecified atom stereocenters. The molecule has 2 aromatic carbocycles. The molecule has 0 radical (unpaired) electrons. The Bertz CT molecular complexity index is 1110. The Morgan fingerprint density at radius 1 is 1.06 bits per heavy atom. The molecule has 0 saturated carbocycles. The van der Waals surface area contributed by atoms with Gasteiger partial charge in [-0.1, -0.05) is 61.5 Å². The summed E-state index contributed by atoms with van der Waals surface area (Å²) in [5, 5.41) is 15.4. The molecule has 174 valence electrons. The quantitative estimate of drug-likeness (QED) is 0.444. The van der Waals surface area contributed by atoms with Gasteiger partial charge in [0.25, 0.3) is 5.91 Å². The van der Waals surface area contributed by atoms with Gasteiger partial charge in [-0.15, -0.1) is 10.2 Å². The monoisotopic (exact) mass is 465 g/mol. The molecule has 0 spiro atoms. The minimum atomic E-state index is -0.302. The van der Waals surface area contributed by atoms with Crippen molar-refractivity contribution in [3.8, 4) is 0 Å². The van der Waals surface area contributed by atoms with Crippen LogP contribution < -0.4 is 10.6 Å². The largest absolute Gasteiger partial charge is 0.342 e. The Hall–Kier alpha value is -3.13. The summed E-state index contributed by atoms with van der Waals surface area (Å²) < 4.78 is 1.96. The zero-order chi connectivity index (χ0) is 24.0. The van der Waals surface area contributed by atoms with E-state index in [1.165, 1.54) is 11.8 Å². The summed E-state index contributed by atoms with van der Waals surface area (Å²) in [6.45, 7) is 10.7. The fourth-order valence-electron chi connectivity index (χ4n) is 3.55. The SMILES string of the molecule is CCn1c(SCC(=O)Nc2ccc(C)cc2C)nnc1[C@@H](NC(=O)c1ccccc1)C(C)C. The van der Waals surface area contributed by atoms with Crippen LogP contribution in [0.3, 0.4) is 0 Å². The molecule has 0 bridgehead atoms. The number of aromatic nitrogens is 3. The molecule has 3 aromatic rings. The Morgan fingerprint density at radius 2 is 1.79 bits per heavy atom. The van der Waals surface area contributed by atoms with E-state index in [4.69, 9.17) is 0 Å². The second-order valence-electron chi connectivity index (χ2n) is 8.30. The van der Waals surface area contributed by atoms with Gasteiger partial charge in [-0.3, -0.25) is 9.59 Å². The normalized spacial score (nSPS) is 11.9. The van der Waals surface area contributed by atoms with E-state index in [1.807, 2.05) is 75.6 Å². The molecule has 2 N–H and O–H groups in total. The van der Waals surface area contributed by atoms with E-state index in [9.17, 15) is 9.59 Å². The average Bonchev–Trinajstić information content (AvgIpc) is 3.20. The van der Waals surface area contributed by atoms with Gasteiger partial charge in [-0.2, -0.15) is 0 Å². The van der Waals surface area contributed by atoms with Gasteiger partial charge in [0, 0.05) is 17.8 Å². The minimum Gasteiger partial charge on any atom is -0.342 e. The third kappa shape index (κ3) is 6.22. The van der Waals surface area contributed by atoms with Crippen LogP contribution in [0.2, 0.25) is 0 Å². The highest BCUT2D eigenvalue weighted by molar-refractivity contribution is 7.99. The summed E-state index contributed by atoms with van der Waals surface area (Å²) in [5.41, 5.74) is 3.60. The van der Waals surface area contributed by atoms with Crippen molar-refractivity contribution in [1.82, 2.24) is 20.1 Å². The number of nitrogens with zero attached hydrogens (tertiary/aromatic N) is 3. The smallest absolute Gasteiger partial charge is 0.251 e. The van der Waals surface area contributed by atoms with Crippen LogP contribution >= 0.6 is 11.8 Å². The predicted octanol–water partition coefficient (Wildman–Crippen LogP) is 4.77. The average molecular weight is 466 g/mol. The predicted molar refractivity (Wildman–Crippen MR) is 132 cm³/mol. The number of rotatable bonds is 9. The lowest BCUT2D eigenvalue weighted by Crippen LogP contribution is -2.33. The summed E-state index contributed by atoms with van der Waals surface area (Å²) in [6, 6.07) is 14.8. The number of aryl methyl sites for hydroxylation is 2. The van der Waals surface area contributed by atoms with Crippen LogP contribution in [0.4, 0.5) is 5.69 Å². The zero-order valence-corrected chi connectivity index (χ0v) is 20.6. The molecule has 0 fully saturated rings. The molecular formula is C25H31N5O2S. The molecule has 0 aliphatic heterocycles. The van der Waals surface area contributed by atoms with E-state index >= 15 is 0 Å². The van der Waals surface area contributed by atoms with Gasteiger partial charge < -0.3 is 15.2 Å². The highest BCUT2D eigenvalue weighted by Crippen LogP contribution is 2.26. The number of nitrogens with one attached hydrogen (secondary N) is 2. The number of thioether (sulfide) groups is 1. The molecule has 33 heavy (non-hydrogen) atoms. The van der Waals surface area contributed by atoms with Crippen LogP contribution in [-0.2, 0) is 11.3 Å². The summed E-state index contributed by atoms with van der Waals surface area (Å²) >= 11 is 1.34. The Morgan fingerprint density at radius 3 is 2.42 bits per heavy atom. The molecule has 1 aromatic heterocycles. The maximum atomic E-state index is 12.7. The van der Waals surface area contributed by atoms with Crippen LogP contribution in [0.25, 0.3) is 0 Å². The van der Waals surface area contributed by atoms with Gasteiger partial charge in [0.15, 0.2) is 11.0 Å². The van der Waals surface area contributed by atoms with Crippen LogP contribution in [0.5, 0.6) is 0 Å². The number of carbonyl (C=O) groups is 2. The van der Waals surface area contributed by atoms with E-state index in [1.54, 1.807) is 12.1 Å². The molecule has 0 saturated heterocycles. The third-order valence-electron chi connectivity index (χ3n) is 5.32. The molecule has 7 nitrogen and oxygen atoms in total. The molecule has 1 atom stereocenters. The molecule has 3 rings (SSSR count). The second kappa shape index (κ2) is 11.1. The molecule has 8 heteroatoms. The van der Waals surface area contributed by atoms with Crippen molar-refractivity contribution in [2.75, 3.05) is 11.1 Å². The van der Waals surface area contributed by atoms with Crippen LogP contribution in [-0.4, -0.2) is 32.3 Å². The first-order chi connectivity index (χ1) is 15.8. The fraction of sp³-hybridized carbons (Fsp3) is 0.360. The Kier molecular flexibility index (Phi) is 8.27. The van der Waals surface area contributed by atoms with Crippen molar-refractivity contribution in [2.24, 2.45) is 5.92 Å². The maximum Gasteiger partial charge on any atom is 0.251 e. The molecular weight excluding hydrogens is 434 g/mol. The number of hydrogen-bond donors (Lipinski definition) is 2. The topological polar surface area (TPSA) is 88.9 Å². The molecule has 0 aliphatic rings. The van der Waals surface area contributed by atoms with E-state index < -0.39 is 0 Å². The number of anilines is 1. The fourth-order valence-corrected chi connectivity index (χ4v) is 4.36. The summed E-state index contributed by atoms with van der Waals surface area (Å²) in [4.78, 5) is 25.3. The van der Waals surface area contributed by atoms with Gasteiger partial charge in [0.2, 0.25) is 5.91 Å². The van der Waals surface area contributed by atoms with Crippen molar-refractivity contribution in [1.29, 1.82) is 0 Å². The number of amides is 2.